The van der Waals surface area contributed by atoms with Crippen molar-refractivity contribution in [2.45, 2.75) is 0 Å². The second-order valence-corrected chi connectivity index (χ2v) is 4.72. The lowest BCUT2D eigenvalue weighted by molar-refractivity contribution is 1.02. The van der Waals surface area contributed by atoms with Gasteiger partial charge in [-0.2, -0.15) is 0 Å². The molecule has 0 atom stereocenters. The predicted molar refractivity (Wildman–Crippen MR) is 68.7 cm³/mol. The number of nitrogens with one attached hydrogen (secondary N) is 1. The highest BCUT2D eigenvalue weighted by atomic mass is 127. The van der Waals surface area contributed by atoms with Crippen LogP contribution in [0, 0.1) is 8.34 Å². The van der Waals surface area contributed by atoms with E-state index in [0.29, 0.717) is 4.77 Å². The number of benzene rings is 1. The monoisotopic (exact) mass is 336 g/mol. The summed E-state index contributed by atoms with van der Waals surface area (Å²) in [5, 5.41) is 0.736. The Balaban J connectivity index is 2.63. The lowest BCUT2D eigenvalue weighted by Gasteiger charge is -2.05. The molecular weight excluding hydrogens is 331 g/mol. The molecule has 0 unspecified atom stereocenters. The van der Waals surface area contributed by atoms with E-state index in [9.17, 15) is 0 Å². The van der Waals surface area contributed by atoms with Gasteiger partial charge in [0.2, 0.25) is 0 Å². The molecule has 0 aliphatic carbocycles. The van der Waals surface area contributed by atoms with Crippen molar-refractivity contribution in [2.24, 2.45) is 0 Å². The van der Waals surface area contributed by atoms with Crippen LogP contribution in [0.25, 0.3) is 5.69 Å². The molecule has 2 rings (SSSR count). The van der Waals surface area contributed by atoms with Gasteiger partial charge in [-0.25, -0.2) is 0 Å². The summed E-state index contributed by atoms with van der Waals surface area (Å²) in [6.45, 7) is 0. The van der Waals surface area contributed by atoms with Crippen LogP contribution >= 0.6 is 46.4 Å². The average molecular weight is 337 g/mol. The maximum Gasteiger partial charge on any atom is 0.181 e. The lowest BCUT2D eigenvalue weighted by atomic mass is 10.3. The van der Waals surface area contributed by atoms with Gasteiger partial charge in [-0.15, -0.1) is 0 Å². The number of rotatable bonds is 1. The van der Waals surface area contributed by atoms with Gasteiger partial charge in [-0.05, 0) is 53.0 Å². The van der Waals surface area contributed by atoms with Crippen molar-refractivity contribution in [1.82, 2.24) is 9.55 Å². The van der Waals surface area contributed by atoms with Crippen LogP contribution in [0.15, 0.2) is 30.6 Å². The van der Waals surface area contributed by atoms with E-state index in [1.807, 2.05) is 35.2 Å². The highest BCUT2D eigenvalue weighted by molar-refractivity contribution is 14.1. The van der Waals surface area contributed by atoms with Crippen molar-refractivity contribution < 1.29 is 0 Å². The van der Waals surface area contributed by atoms with E-state index in [1.165, 1.54) is 0 Å². The van der Waals surface area contributed by atoms with Gasteiger partial charge in [0, 0.05) is 21.0 Å². The van der Waals surface area contributed by atoms with Gasteiger partial charge in [0.1, 0.15) is 0 Å². The molecule has 2 nitrogen and oxygen atoms in total. The Bertz CT molecular complexity index is 518. The van der Waals surface area contributed by atoms with Crippen LogP contribution in [-0.2, 0) is 0 Å². The second kappa shape index (κ2) is 4.04. The van der Waals surface area contributed by atoms with Crippen LogP contribution in [-0.4, -0.2) is 9.55 Å². The van der Waals surface area contributed by atoms with E-state index < -0.39 is 0 Å². The number of halogens is 2. The number of imidazole rings is 1. The van der Waals surface area contributed by atoms with E-state index in [4.69, 9.17) is 23.8 Å². The highest BCUT2D eigenvalue weighted by Crippen LogP contribution is 2.21. The Labute approximate surface area is 105 Å². The molecule has 1 N–H and O–H groups in total. The normalized spacial score (nSPS) is 10.4. The summed E-state index contributed by atoms with van der Waals surface area (Å²) in [6.07, 6.45) is 3.71. The fraction of sp³-hybridized carbons (Fsp3) is 0. The van der Waals surface area contributed by atoms with Crippen LogP contribution in [0.1, 0.15) is 0 Å². The first-order valence-electron chi connectivity index (χ1n) is 3.90. The van der Waals surface area contributed by atoms with Gasteiger partial charge in [-0.3, -0.25) is 4.57 Å². The van der Waals surface area contributed by atoms with Gasteiger partial charge < -0.3 is 4.98 Å². The minimum Gasteiger partial charge on any atom is -0.337 e. The van der Waals surface area contributed by atoms with E-state index in [2.05, 4.69) is 27.6 Å². The Morgan fingerprint density at radius 3 is 2.79 bits per heavy atom. The molecule has 1 aromatic carbocycles. The topological polar surface area (TPSA) is 20.7 Å². The average Bonchev–Trinajstić information content (AvgIpc) is 2.52. The Hall–Kier alpha value is -0.330. The number of aromatic nitrogens is 2. The highest BCUT2D eigenvalue weighted by Gasteiger charge is 2.03. The lowest BCUT2D eigenvalue weighted by Crippen LogP contribution is -1.94. The standard InChI is InChI=1S/C9H6ClIN2S/c10-6-1-2-8(7(11)5-6)13-4-3-12-9(13)14/h1-5H,(H,12,14). The number of H-pyrrole nitrogens is 1. The summed E-state index contributed by atoms with van der Waals surface area (Å²) < 4.78 is 3.67. The van der Waals surface area contributed by atoms with Gasteiger partial charge >= 0.3 is 0 Å². The molecule has 1 heterocycles. The summed E-state index contributed by atoms with van der Waals surface area (Å²) in [6, 6.07) is 5.72. The summed E-state index contributed by atoms with van der Waals surface area (Å²) in [5.74, 6) is 0. The molecule has 1 aromatic heterocycles. The first kappa shape index (κ1) is 10.2. The van der Waals surface area contributed by atoms with Crippen molar-refractivity contribution >= 4 is 46.4 Å². The van der Waals surface area contributed by atoms with Crippen LogP contribution < -0.4 is 0 Å². The van der Waals surface area contributed by atoms with E-state index >= 15 is 0 Å². The number of hydrogen-bond donors (Lipinski definition) is 1. The minimum absolute atomic E-state index is 0.685. The van der Waals surface area contributed by atoms with E-state index in [1.54, 1.807) is 0 Å². The first-order chi connectivity index (χ1) is 6.68. The number of aromatic amines is 1. The fourth-order valence-corrected chi connectivity index (χ4v) is 2.55. The largest absolute Gasteiger partial charge is 0.337 e. The first-order valence-corrected chi connectivity index (χ1v) is 5.76. The quantitative estimate of drug-likeness (QED) is 0.621. The number of nitrogens with zero attached hydrogens (tertiary/aromatic N) is 1. The van der Waals surface area contributed by atoms with Gasteiger partial charge in [0.15, 0.2) is 4.77 Å². The summed E-state index contributed by atoms with van der Waals surface area (Å²) in [4.78, 5) is 2.95. The molecule has 0 saturated heterocycles. The molecular formula is C9H6ClIN2S. The molecule has 2 aromatic rings. The smallest absolute Gasteiger partial charge is 0.181 e. The van der Waals surface area contributed by atoms with Crippen LogP contribution in [0.5, 0.6) is 0 Å². The Kier molecular flexibility index (Phi) is 2.94. The van der Waals surface area contributed by atoms with Gasteiger partial charge in [0.05, 0.1) is 5.69 Å². The van der Waals surface area contributed by atoms with Crippen molar-refractivity contribution in [2.75, 3.05) is 0 Å². The van der Waals surface area contributed by atoms with E-state index in [-0.39, 0.29) is 0 Å². The minimum atomic E-state index is 0.685. The third kappa shape index (κ3) is 1.87. The van der Waals surface area contributed by atoms with Crippen LogP contribution in [0.2, 0.25) is 5.02 Å². The molecule has 0 aliphatic rings. The van der Waals surface area contributed by atoms with Gasteiger partial charge in [0.25, 0.3) is 0 Å². The molecule has 0 radical (unpaired) electrons. The molecule has 72 valence electrons. The predicted octanol–water partition coefficient (Wildman–Crippen LogP) is 3.79. The van der Waals surface area contributed by atoms with Crippen molar-refractivity contribution in [3.63, 3.8) is 0 Å². The SMILES string of the molecule is S=c1[nH]ccn1-c1ccc(Cl)cc1I. The zero-order valence-corrected chi connectivity index (χ0v) is 10.7. The molecule has 0 bridgehead atoms. The molecule has 0 saturated carbocycles. The molecule has 0 spiro atoms. The maximum atomic E-state index is 5.87. The van der Waals surface area contributed by atoms with Crippen molar-refractivity contribution in [3.05, 3.63) is 44.0 Å². The zero-order valence-electron chi connectivity index (χ0n) is 7.00. The van der Waals surface area contributed by atoms with Gasteiger partial charge in [-0.1, -0.05) is 11.6 Å². The molecule has 0 aliphatic heterocycles. The zero-order chi connectivity index (χ0) is 10.1. The van der Waals surface area contributed by atoms with Crippen molar-refractivity contribution in [1.29, 1.82) is 0 Å². The molecule has 0 fully saturated rings. The second-order valence-electron chi connectivity index (χ2n) is 2.73. The fourth-order valence-electron chi connectivity index (χ4n) is 1.19. The summed E-state index contributed by atoms with van der Waals surface area (Å²) in [5.41, 5.74) is 1.04. The Morgan fingerprint density at radius 2 is 2.21 bits per heavy atom. The molecule has 14 heavy (non-hydrogen) atoms. The number of hydrogen-bond acceptors (Lipinski definition) is 1. The summed E-state index contributed by atoms with van der Waals surface area (Å²) in [7, 11) is 0. The van der Waals surface area contributed by atoms with Crippen LogP contribution in [0.4, 0.5) is 0 Å². The van der Waals surface area contributed by atoms with Crippen molar-refractivity contribution in [3.8, 4) is 5.69 Å². The maximum absolute atomic E-state index is 5.87. The molecule has 0 amide bonds. The Morgan fingerprint density at radius 1 is 1.43 bits per heavy atom. The van der Waals surface area contributed by atoms with E-state index in [0.717, 1.165) is 14.3 Å². The third-order valence-electron chi connectivity index (χ3n) is 1.82. The molecule has 5 heteroatoms. The summed E-state index contributed by atoms with van der Waals surface area (Å²) >= 11 is 13.2. The van der Waals surface area contributed by atoms with Crippen LogP contribution in [0.3, 0.4) is 0 Å². The third-order valence-corrected chi connectivity index (χ3v) is 3.23.